The Morgan fingerprint density at radius 3 is 2.66 bits per heavy atom. The van der Waals surface area contributed by atoms with Gasteiger partial charge in [0, 0.05) is 32.4 Å². The smallest absolute Gasteiger partial charge is 0.217 e. The Morgan fingerprint density at radius 1 is 1.16 bits per heavy atom. The average Bonchev–Trinajstić information content (AvgIpc) is 3.41. The molecule has 0 amide bonds. The van der Waals surface area contributed by atoms with E-state index in [0.717, 1.165) is 71.5 Å². The van der Waals surface area contributed by atoms with Crippen LogP contribution in [-0.2, 0) is 7.05 Å². The van der Waals surface area contributed by atoms with E-state index in [-0.39, 0.29) is 0 Å². The monoisotopic (exact) mass is 429 g/mol. The highest BCUT2D eigenvalue weighted by Crippen LogP contribution is 2.28. The van der Waals surface area contributed by atoms with Crippen LogP contribution in [0.25, 0.3) is 22.7 Å². The van der Waals surface area contributed by atoms with Gasteiger partial charge in [0.2, 0.25) is 5.95 Å². The minimum atomic E-state index is 0.374. The van der Waals surface area contributed by atoms with Gasteiger partial charge in [0.1, 0.15) is 12.7 Å². The molecule has 1 aliphatic heterocycles. The molecule has 0 radical (unpaired) electrons. The van der Waals surface area contributed by atoms with Crippen molar-refractivity contribution < 1.29 is 0 Å². The van der Waals surface area contributed by atoms with E-state index in [1.54, 1.807) is 12.7 Å². The van der Waals surface area contributed by atoms with E-state index >= 15 is 0 Å². The molecule has 1 fully saturated rings. The Labute approximate surface area is 186 Å². The van der Waals surface area contributed by atoms with Crippen LogP contribution in [0.1, 0.15) is 25.5 Å². The third kappa shape index (κ3) is 3.55. The fraction of sp³-hybridized carbons (Fsp3) is 0.304. The number of nitrogens with two attached hydrogens (primary N) is 1. The number of nitrogen functional groups attached to an aromatic ring is 1. The summed E-state index contributed by atoms with van der Waals surface area (Å²) in [6.45, 7) is 7.67. The zero-order valence-electron chi connectivity index (χ0n) is 18.4. The van der Waals surface area contributed by atoms with Crippen molar-refractivity contribution in [2.45, 2.75) is 25.8 Å². The molecule has 1 aromatic carbocycles. The minimum absolute atomic E-state index is 0.374. The van der Waals surface area contributed by atoms with Crippen LogP contribution in [0.3, 0.4) is 0 Å². The number of rotatable bonds is 5. The molecule has 0 spiro atoms. The first kappa shape index (κ1) is 20.0. The Balaban J connectivity index is 1.38. The third-order valence-electron chi connectivity index (χ3n) is 5.98. The molecule has 3 N–H and O–H groups in total. The number of aryl methyl sites for hydroxylation is 1. The Kier molecular flexibility index (Phi) is 5.01. The third-order valence-corrected chi connectivity index (χ3v) is 5.98. The first-order valence-electron chi connectivity index (χ1n) is 10.7. The number of hydrogen-bond acceptors (Lipinski definition) is 7. The molecular formula is C23H27N9. The van der Waals surface area contributed by atoms with Crippen LogP contribution in [-0.4, -0.2) is 48.2 Å². The van der Waals surface area contributed by atoms with Crippen LogP contribution in [0.2, 0.25) is 0 Å². The molecule has 5 rings (SSSR count). The van der Waals surface area contributed by atoms with E-state index in [9.17, 15) is 0 Å². The number of anilines is 3. The summed E-state index contributed by atoms with van der Waals surface area (Å²) in [5, 5.41) is 3.58. The number of imidazole rings is 2. The summed E-state index contributed by atoms with van der Waals surface area (Å²) >= 11 is 0. The highest BCUT2D eigenvalue weighted by atomic mass is 15.3. The van der Waals surface area contributed by atoms with Crippen LogP contribution in [0.4, 0.5) is 17.2 Å². The topological polar surface area (TPSA) is 103 Å². The second-order valence-corrected chi connectivity index (χ2v) is 8.28. The van der Waals surface area contributed by atoms with Crippen molar-refractivity contribution in [3.8, 4) is 5.95 Å². The molecule has 164 valence electrons. The van der Waals surface area contributed by atoms with Crippen LogP contribution in [0.15, 0.2) is 49.7 Å². The standard InChI is InChI=1S/C23H27N9/c1-15(2)19-12-32(14-27-19)23-29-20-21(30(23)3)25-13-26-22(20)31-10-8-16(9-11-31)28-18-7-5-4-6-17(18)24/h4-7,12-14,16,28H,1,8-11,24H2,2-3H3. The first-order chi connectivity index (χ1) is 15.5. The van der Waals surface area contributed by atoms with Gasteiger partial charge in [0.25, 0.3) is 0 Å². The van der Waals surface area contributed by atoms with Gasteiger partial charge in [-0.15, -0.1) is 0 Å². The summed E-state index contributed by atoms with van der Waals surface area (Å²) in [5.74, 6) is 1.62. The van der Waals surface area contributed by atoms with Gasteiger partial charge in [-0.05, 0) is 37.5 Å². The zero-order chi connectivity index (χ0) is 22.2. The van der Waals surface area contributed by atoms with Gasteiger partial charge >= 0.3 is 0 Å². The lowest BCUT2D eigenvalue weighted by atomic mass is 10.0. The molecule has 4 aromatic rings. The molecule has 1 aliphatic rings. The highest BCUT2D eigenvalue weighted by molar-refractivity contribution is 5.85. The predicted octanol–water partition coefficient (Wildman–Crippen LogP) is 3.25. The first-order valence-corrected chi connectivity index (χ1v) is 10.7. The van der Waals surface area contributed by atoms with E-state index in [4.69, 9.17) is 10.7 Å². The normalized spacial score (nSPS) is 14.8. The molecule has 32 heavy (non-hydrogen) atoms. The molecule has 9 heteroatoms. The lowest BCUT2D eigenvalue weighted by molar-refractivity contribution is 0.524. The van der Waals surface area contributed by atoms with Crippen molar-refractivity contribution >= 4 is 33.9 Å². The molecule has 3 aromatic heterocycles. The number of fused-ring (bicyclic) bond motifs is 1. The summed E-state index contributed by atoms with van der Waals surface area (Å²) in [4.78, 5) is 20.7. The maximum atomic E-state index is 6.09. The second-order valence-electron chi connectivity index (χ2n) is 8.28. The van der Waals surface area contributed by atoms with Crippen molar-refractivity contribution in [2.75, 3.05) is 29.0 Å². The lowest BCUT2D eigenvalue weighted by Gasteiger charge is -2.33. The average molecular weight is 430 g/mol. The zero-order valence-corrected chi connectivity index (χ0v) is 18.4. The van der Waals surface area contributed by atoms with Gasteiger partial charge in [0.05, 0.1) is 17.1 Å². The summed E-state index contributed by atoms with van der Waals surface area (Å²) in [5.41, 5.74) is 11.2. The molecule has 0 atom stereocenters. The number of allylic oxidation sites excluding steroid dienone is 1. The molecule has 0 unspecified atom stereocenters. The van der Waals surface area contributed by atoms with Crippen LogP contribution >= 0.6 is 0 Å². The van der Waals surface area contributed by atoms with Gasteiger partial charge < -0.3 is 16.0 Å². The number of hydrogen-bond donors (Lipinski definition) is 2. The maximum Gasteiger partial charge on any atom is 0.217 e. The van der Waals surface area contributed by atoms with Crippen molar-refractivity contribution in [3.63, 3.8) is 0 Å². The van der Waals surface area contributed by atoms with Gasteiger partial charge in [-0.3, -0.25) is 9.13 Å². The Bertz CT molecular complexity index is 1280. The van der Waals surface area contributed by atoms with Crippen molar-refractivity contribution in [3.05, 3.63) is 55.4 Å². The molecule has 0 bridgehead atoms. The van der Waals surface area contributed by atoms with Crippen molar-refractivity contribution in [1.29, 1.82) is 0 Å². The number of para-hydroxylation sites is 2. The maximum absolute atomic E-state index is 6.09. The van der Waals surface area contributed by atoms with Crippen molar-refractivity contribution in [2.24, 2.45) is 7.05 Å². The fourth-order valence-corrected chi connectivity index (χ4v) is 4.17. The summed E-state index contributed by atoms with van der Waals surface area (Å²) < 4.78 is 3.87. The number of aromatic nitrogens is 6. The lowest BCUT2D eigenvalue weighted by Crippen LogP contribution is -2.39. The summed E-state index contributed by atoms with van der Waals surface area (Å²) in [6.07, 6.45) is 7.28. The second kappa shape index (κ2) is 7.99. The highest BCUT2D eigenvalue weighted by Gasteiger charge is 2.24. The molecular weight excluding hydrogens is 402 g/mol. The number of benzene rings is 1. The van der Waals surface area contributed by atoms with E-state index in [1.165, 1.54) is 0 Å². The van der Waals surface area contributed by atoms with Crippen molar-refractivity contribution in [1.82, 2.24) is 29.1 Å². The van der Waals surface area contributed by atoms with Gasteiger partial charge in [0.15, 0.2) is 17.0 Å². The predicted molar refractivity (Wildman–Crippen MR) is 128 cm³/mol. The fourth-order valence-electron chi connectivity index (χ4n) is 4.17. The molecule has 0 aliphatic carbocycles. The molecule has 4 heterocycles. The quantitative estimate of drug-likeness (QED) is 0.470. The summed E-state index contributed by atoms with van der Waals surface area (Å²) in [6, 6.07) is 8.28. The van der Waals surface area contributed by atoms with E-state index in [0.29, 0.717) is 6.04 Å². The molecule has 1 saturated heterocycles. The largest absolute Gasteiger partial charge is 0.397 e. The van der Waals surface area contributed by atoms with Crippen LogP contribution < -0.4 is 16.0 Å². The van der Waals surface area contributed by atoms with Crippen LogP contribution in [0.5, 0.6) is 0 Å². The van der Waals surface area contributed by atoms with E-state index < -0.39 is 0 Å². The molecule has 9 nitrogen and oxygen atoms in total. The number of nitrogens with one attached hydrogen (secondary N) is 1. The van der Waals surface area contributed by atoms with Gasteiger partial charge in [-0.25, -0.2) is 19.9 Å². The SMILES string of the molecule is C=C(C)c1cn(-c2nc3c(N4CCC(Nc5ccccc5N)CC4)ncnc3n2C)cn1. The number of piperidine rings is 1. The Hall–Kier alpha value is -3.88. The summed E-state index contributed by atoms with van der Waals surface area (Å²) in [7, 11) is 1.96. The van der Waals surface area contributed by atoms with E-state index in [1.807, 2.05) is 53.6 Å². The minimum Gasteiger partial charge on any atom is -0.397 e. The van der Waals surface area contributed by atoms with Gasteiger partial charge in [-0.1, -0.05) is 18.7 Å². The molecule has 0 saturated carbocycles. The number of nitrogens with zero attached hydrogens (tertiary/aromatic N) is 7. The Morgan fingerprint density at radius 2 is 1.94 bits per heavy atom. The van der Waals surface area contributed by atoms with E-state index in [2.05, 4.69) is 31.7 Å². The van der Waals surface area contributed by atoms with Crippen LogP contribution in [0, 0.1) is 0 Å². The van der Waals surface area contributed by atoms with Gasteiger partial charge in [-0.2, -0.15) is 0 Å².